The first-order chi connectivity index (χ1) is 10.3. The minimum absolute atomic E-state index is 0.156. The minimum atomic E-state index is -0.156. The molecule has 2 atom stereocenters. The third kappa shape index (κ3) is 2.81. The maximum Gasteiger partial charge on any atom is 0.335 e. The smallest absolute Gasteiger partial charge is 0.335 e. The molecule has 0 unspecified atom stereocenters. The molecule has 1 heterocycles. The summed E-state index contributed by atoms with van der Waals surface area (Å²) in [6, 6.07) is 10.8. The van der Waals surface area contributed by atoms with Crippen LogP contribution in [0.5, 0.6) is 0 Å². The van der Waals surface area contributed by atoms with Gasteiger partial charge in [-0.15, -0.1) is 0 Å². The highest BCUT2D eigenvalue weighted by molar-refractivity contribution is 5.90. The largest absolute Gasteiger partial charge is 0.463 e. The van der Waals surface area contributed by atoms with Crippen molar-refractivity contribution >= 4 is 5.97 Å². The summed E-state index contributed by atoms with van der Waals surface area (Å²) in [7, 11) is 0. The molecule has 4 nitrogen and oxygen atoms in total. The topological polar surface area (TPSA) is 50.4 Å². The summed E-state index contributed by atoms with van der Waals surface area (Å²) in [6.45, 7) is 4.03. The van der Waals surface area contributed by atoms with Gasteiger partial charge in [-0.2, -0.15) is 0 Å². The van der Waals surface area contributed by atoms with Gasteiger partial charge in [-0.25, -0.2) is 4.79 Å². The Labute approximate surface area is 125 Å². The zero-order chi connectivity index (χ0) is 14.7. The number of fused-ring (bicyclic) bond motifs is 1. The highest BCUT2D eigenvalue weighted by Crippen LogP contribution is 2.40. The van der Waals surface area contributed by atoms with E-state index in [0.29, 0.717) is 12.5 Å². The lowest BCUT2D eigenvalue weighted by Gasteiger charge is -2.24. The molecule has 0 radical (unpaired) electrons. The number of esters is 1. The van der Waals surface area contributed by atoms with Crippen LogP contribution >= 0.6 is 0 Å². The van der Waals surface area contributed by atoms with Crippen molar-refractivity contribution in [1.82, 2.24) is 10.6 Å². The van der Waals surface area contributed by atoms with Gasteiger partial charge in [0.05, 0.1) is 12.2 Å². The van der Waals surface area contributed by atoms with Gasteiger partial charge in [-0.05, 0) is 25.3 Å². The van der Waals surface area contributed by atoms with E-state index in [4.69, 9.17) is 4.74 Å². The Morgan fingerprint density at radius 2 is 2.10 bits per heavy atom. The van der Waals surface area contributed by atoms with E-state index < -0.39 is 0 Å². The summed E-state index contributed by atoms with van der Waals surface area (Å²) >= 11 is 0. The second-order valence-electron chi connectivity index (χ2n) is 5.53. The third-order valence-electron chi connectivity index (χ3n) is 4.29. The molecule has 2 N–H and O–H groups in total. The summed E-state index contributed by atoms with van der Waals surface area (Å²) in [5.74, 6) is 0.172. The van der Waals surface area contributed by atoms with Gasteiger partial charge in [-0.3, -0.25) is 0 Å². The molecule has 112 valence electrons. The number of ether oxygens (including phenoxy) is 1. The van der Waals surface area contributed by atoms with Crippen LogP contribution in [-0.4, -0.2) is 25.7 Å². The molecule has 1 fully saturated rings. The van der Waals surface area contributed by atoms with Crippen LogP contribution in [0.4, 0.5) is 0 Å². The van der Waals surface area contributed by atoms with Crippen molar-refractivity contribution in [2.75, 3.05) is 19.7 Å². The van der Waals surface area contributed by atoms with Gasteiger partial charge in [0.2, 0.25) is 0 Å². The first-order valence-corrected chi connectivity index (χ1v) is 7.73. The number of hydrogen-bond acceptors (Lipinski definition) is 4. The van der Waals surface area contributed by atoms with Gasteiger partial charge in [0.1, 0.15) is 0 Å². The number of nitrogens with one attached hydrogen (secondary N) is 2. The quantitative estimate of drug-likeness (QED) is 0.836. The second kappa shape index (κ2) is 6.31. The van der Waals surface area contributed by atoms with E-state index in [1.807, 2.05) is 13.0 Å². The summed E-state index contributed by atoms with van der Waals surface area (Å²) in [6.07, 6.45) is 1.79. The van der Waals surface area contributed by atoms with Crippen LogP contribution in [-0.2, 0) is 9.53 Å². The molecule has 2 aliphatic rings. The Bertz CT molecular complexity index is 539. The van der Waals surface area contributed by atoms with Crippen LogP contribution in [0, 0.1) is 5.92 Å². The average Bonchev–Trinajstić information content (AvgIpc) is 2.81. The standard InChI is InChI=1S/C17H22N2O2/c1-2-21-17(20)14-9-8-13-15(12-6-4-3-5-7-12)18-10-11-19-16(13)14/h3-7,13,15,18-19H,2,8-11H2,1H3/t13-,15+/m1/s1. The molecular weight excluding hydrogens is 264 g/mol. The van der Waals surface area contributed by atoms with E-state index in [0.717, 1.165) is 37.2 Å². The minimum Gasteiger partial charge on any atom is -0.463 e. The molecule has 1 saturated heterocycles. The van der Waals surface area contributed by atoms with E-state index in [9.17, 15) is 4.79 Å². The SMILES string of the molecule is CCOC(=O)C1=C2NCCN[C@@H](c3ccccc3)[C@H]2CC1. The van der Waals surface area contributed by atoms with Crippen LogP contribution in [0.1, 0.15) is 31.4 Å². The van der Waals surface area contributed by atoms with E-state index in [1.54, 1.807) is 0 Å². The molecule has 0 bridgehead atoms. The van der Waals surface area contributed by atoms with Crippen LogP contribution in [0.15, 0.2) is 41.6 Å². The Balaban J connectivity index is 1.91. The monoisotopic (exact) mass is 286 g/mol. The second-order valence-corrected chi connectivity index (χ2v) is 5.53. The van der Waals surface area contributed by atoms with Crippen molar-refractivity contribution in [2.45, 2.75) is 25.8 Å². The molecule has 1 aliphatic carbocycles. The Kier molecular flexibility index (Phi) is 4.25. The number of rotatable bonds is 3. The lowest BCUT2D eigenvalue weighted by atomic mass is 9.91. The zero-order valence-corrected chi connectivity index (χ0v) is 12.4. The fourth-order valence-electron chi connectivity index (χ4n) is 3.38. The molecule has 1 aromatic carbocycles. The molecule has 0 amide bonds. The lowest BCUT2D eigenvalue weighted by molar-refractivity contribution is -0.138. The summed E-state index contributed by atoms with van der Waals surface area (Å²) in [5, 5.41) is 7.06. The third-order valence-corrected chi connectivity index (χ3v) is 4.29. The van der Waals surface area contributed by atoms with Crippen molar-refractivity contribution in [1.29, 1.82) is 0 Å². The van der Waals surface area contributed by atoms with Crippen molar-refractivity contribution in [3.8, 4) is 0 Å². The predicted molar refractivity (Wildman–Crippen MR) is 81.6 cm³/mol. The van der Waals surface area contributed by atoms with Gasteiger partial charge in [0.25, 0.3) is 0 Å². The Morgan fingerprint density at radius 3 is 2.86 bits per heavy atom. The number of benzene rings is 1. The van der Waals surface area contributed by atoms with Gasteiger partial charge < -0.3 is 15.4 Å². The molecular formula is C17H22N2O2. The van der Waals surface area contributed by atoms with Crippen LogP contribution in [0.25, 0.3) is 0 Å². The number of hydrogen-bond donors (Lipinski definition) is 2. The summed E-state index contributed by atoms with van der Waals surface area (Å²) < 4.78 is 5.20. The normalized spacial score (nSPS) is 25.0. The van der Waals surface area contributed by atoms with Crippen molar-refractivity contribution in [3.05, 3.63) is 47.2 Å². The highest BCUT2D eigenvalue weighted by atomic mass is 16.5. The van der Waals surface area contributed by atoms with E-state index in [1.165, 1.54) is 5.56 Å². The van der Waals surface area contributed by atoms with Crippen molar-refractivity contribution in [2.24, 2.45) is 5.92 Å². The average molecular weight is 286 g/mol. The van der Waals surface area contributed by atoms with Gasteiger partial charge in [0.15, 0.2) is 0 Å². The molecule has 0 saturated carbocycles. The highest BCUT2D eigenvalue weighted by Gasteiger charge is 2.36. The summed E-state index contributed by atoms with van der Waals surface area (Å²) in [5.41, 5.74) is 3.22. The van der Waals surface area contributed by atoms with E-state index in [2.05, 4.69) is 34.9 Å². The van der Waals surface area contributed by atoms with Gasteiger partial charge in [-0.1, -0.05) is 30.3 Å². The molecule has 1 aromatic rings. The number of carbonyl (C=O) groups excluding carboxylic acids is 1. The van der Waals surface area contributed by atoms with Gasteiger partial charge >= 0.3 is 5.97 Å². The van der Waals surface area contributed by atoms with Crippen LogP contribution < -0.4 is 10.6 Å². The first kappa shape index (κ1) is 14.1. The lowest BCUT2D eigenvalue weighted by Crippen LogP contribution is -2.27. The maximum absolute atomic E-state index is 12.1. The zero-order valence-electron chi connectivity index (χ0n) is 12.4. The van der Waals surface area contributed by atoms with Crippen molar-refractivity contribution < 1.29 is 9.53 Å². The van der Waals surface area contributed by atoms with Crippen LogP contribution in [0.2, 0.25) is 0 Å². The molecule has 0 spiro atoms. The van der Waals surface area contributed by atoms with Gasteiger partial charge in [0, 0.05) is 30.7 Å². The maximum atomic E-state index is 12.1. The van der Waals surface area contributed by atoms with Crippen molar-refractivity contribution in [3.63, 3.8) is 0 Å². The Morgan fingerprint density at radius 1 is 1.29 bits per heavy atom. The number of carbonyl (C=O) groups is 1. The Hall–Kier alpha value is -1.81. The molecule has 0 aromatic heterocycles. The van der Waals surface area contributed by atoms with E-state index >= 15 is 0 Å². The fourth-order valence-corrected chi connectivity index (χ4v) is 3.38. The summed E-state index contributed by atoms with van der Waals surface area (Å²) in [4.78, 5) is 12.1. The fraction of sp³-hybridized carbons (Fsp3) is 0.471. The first-order valence-electron chi connectivity index (χ1n) is 7.73. The molecule has 1 aliphatic heterocycles. The van der Waals surface area contributed by atoms with Crippen LogP contribution in [0.3, 0.4) is 0 Å². The molecule has 21 heavy (non-hydrogen) atoms. The molecule has 3 rings (SSSR count). The molecule has 4 heteroatoms. The predicted octanol–water partition coefficient (Wildman–Crippen LogP) is 2.15. The van der Waals surface area contributed by atoms with E-state index in [-0.39, 0.29) is 12.0 Å².